The maximum Gasteiger partial charge on any atom is 0.237 e. The lowest BCUT2D eigenvalue weighted by Gasteiger charge is -2.32. The van der Waals surface area contributed by atoms with Crippen LogP contribution in [0.5, 0.6) is 11.8 Å². The zero-order valence-electron chi connectivity index (χ0n) is 26.9. The highest BCUT2D eigenvalue weighted by Gasteiger charge is 2.26. The Labute approximate surface area is 281 Å². The first kappa shape index (κ1) is 32.6. The minimum absolute atomic E-state index is 0.484. The normalized spacial score (nSPS) is 20.6. The van der Waals surface area contributed by atoms with Crippen molar-refractivity contribution in [2.24, 2.45) is 23.7 Å². The van der Waals surface area contributed by atoms with Gasteiger partial charge in [0.1, 0.15) is 11.4 Å². The van der Waals surface area contributed by atoms with E-state index in [1.54, 1.807) is 26.6 Å². The summed E-state index contributed by atoms with van der Waals surface area (Å²) in [6, 6.07) is 11.6. The zero-order chi connectivity index (χ0) is 32.2. The molecule has 6 rings (SSSR count). The van der Waals surface area contributed by atoms with Gasteiger partial charge in [-0.15, -0.1) is 0 Å². The lowest BCUT2D eigenvalue weighted by Crippen LogP contribution is -2.31. The minimum Gasteiger partial charge on any atom is -0.480 e. The number of benzene rings is 2. The average Bonchev–Trinajstić information content (AvgIpc) is 3.03. The van der Waals surface area contributed by atoms with E-state index in [4.69, 9.17) is 52.6 Å². The Balaban J connectivity index is 1.21. The number of hydrogen-bond donors (Lipinski definition) is 2. The van der Waals surface area contributed by atoms with Crippen LogP contribution in [0.3, 0.4) is 0 Å². The molecule has 0 atom stereocenters. The van der Waals surface area contributed by atoms with Crippen molar-refractivity contribution in [3.8, 4) is 45.4 Å². The Morgan fingerprint density at radius 2 is 1.04 bits per heavy atom. The molecule has 4 aromatic rings. The van der Waals surface area contributed by atoms with Crippen molar-refractivity contribution in [2.75, 3.05) is 27.3 Å². The van der Waals surface area contributed by atoms with Crippen molar-refractivity contribution in [3.63, 3.8) is 0 Å². The molecule has 2 aliphatic carbocycles. The molecule has 2 saturated carbocycles. The lowest BCUT2D eigenvalue weighted by molar-refractivity contribution is 0.205. The van der Waals surface area contributed by atoms with E-state index < -0.39 is 0 Å². The number of ether oxygens (including phenoxy) is 2. The molecule has 242 valence electrons. The number of halogens is 2. The third kappa shape index (κ3) is 7.15. The molecule has 46 heavy (non-hydrogen) atoms. The van der Waals surface area contributed by atoms with Crippen molar-refractivity contribution in [3.05, 3.63) is 70.2 Å². The van der Waals surface area contributed by atoms with E-state index >= 15 is 0 Å². The van der Waals surface area contributed by atoms with Crippen molar-refractivity contribution in [1.29, 1.82) is 0 Å². The molecular weight excluding hydrogens is 619 g/mol. The first-order valence-electron chi connectivity index (χ1n) is 16.1. The Morgan fingerprint density at radius 3 is 1.41 bits per heavy atom. The smallest absolute Gasteiger partial charge is 0.237 e. The fourth-order valence-corrected chi connectivity index (χ4v) is 7.41. The summed E-state index contributed by atoms with van der Waals surface area (Å²) in [5.41, 5.74) is 5.82. The van der Waals surface area contributed by atoms with Crippen LogP contribution in [0.15, 0.2) is 48.8 Å². The molecular formula is C36H42Cl2N6O2. The summed E-state index contributed by atoms with van der Waals surface area (Å²) in [6.45, 7) is 7.75. The van der Waals surface area contributed by atoms with E-state index in [0.29, 0.717) is 46.3 Å². The number of nitrogens with zero attached hydrogens (tertiary/aromatic N) is 4. The molecule has 0 aliphatic heterocycles. The number of nitrogens with one attached hydrogen (secondary N) is 2. The van der Waals surface area contributed by atoms with Crippen molar-refractivity contribution >= 4 is 23.2 Å². The van der Waals surface area contributed by atoms with Crippen LogP contribution in [0.1, 0.15) is 50.9 Å². The first-order chi connectivity index (χ1) is 22.3. The van der Waals surface area contributed by atoms with E-state index in [0.717, 1.165) is 70.4 Å². The highest BCUT2D eigenvalue weighted by molar-refractivity contribution is 6.39. The van der Waals surface area contributed by atoms with Gasteiger partial charge < -0.3 is 20.1 Å². The van der Waals surface area contributed by atoms with Crippen molar-refractivity contribution in [2.45, 2.75) is 52.6 Å². The molecule has 2 aliphatic rings. The summed E-state index contributed by atoms with van der Waals surface area (Å²) in [4.78, 5) is 18.9. The van der Waals surface area contributed by atoms with E-state index in [9.17, 15) is 0 Å². The van der Waals surface area contributed by atoms with Crippen LogP contribution in [0.25, 0.3) is 33.6 Å². The molecule has 2 fully saturated rings. The van der Waals surface area contributed by atoms with Gasteiger partial charge in [0.15, 0.2) is 0 Å². The molecule has 2 N–H and O–H groups in total. The quantitative estimate of drug-likeness (QED) is 0.150. The highest BCUT2D eigenvalue weighted by Crippen LogP contribution is 2.42. The summed E-state index contributed by atoms with van der Waals surface area (Å²) >= 11 is 14.1. The van der Waals surface area contributed by atoms with Crippen LogP contribution >= 0.6 is 23.2 Å². The van der Waals surface area contributed by atoms with Gasteiger partial charge in [0.05, 0.1) is 48.0 Å². The topological polar surface area (TPSA) is 94.1 Å². The minimum atomic E-state index is 0.484. The summed E-state index contributed by atoms with van der Waals surface area (Å²) in [7, 11) is 3.23. The van der Waals surface area contributed by atoms with E-state index in [1.165, 1.54) is 25.7 Å². The highest BCUT2D eigenvalue weighted by atomic mass is 35.5. The van der Waals surface area contributed by atoms with Crippen LogP contribution in [0.4, 0.5) is 0 Å². The fraction of sp³-hybridized carbons (Fsp3) is 0.444. The molecule has 8 nitrogen and oxygen atoms in total. The summed E-state index contributed by atoms with van der Waals surface area (Å²) < 4.78 is 11.3. The standard InChI is InChI=1S/C36H42Cl2N6O2/c1-21-11-23(12-21)15-39-17-31-35(45-3)43-29(19-41-31)27-9-5-7-25(33(27)37)26-8-6-10-28(34(26)38)30-20-42-32(36(44-30)46-4)18-40-16-24-13-22(2)14-24/h5-10,19-24,39-40H,11-18H2,1-4H3. The summed E-state index contributed by atoms with van der Waals surface area (Å²) in [5.74, 6) is 4.11. The maximum atomic E-state index is 7.06. The predicted molar refractivity (Wildman–Crippen MR) is 184 cm³/mol. The monoisotopic (exact) mass is 660 g/mol. The lowest BCUT2D eigenvalue weighted by atomic mass is 9.76. The van der Waals surface area contributed by atoms with Crippen LogP contribution in [0.2, 0.25) is 10.0 Å². The van der Waals surface area contributed by atoms with Crippen LogP contribution in [0, 0.1) is 23.7 Å². The van der Waals surface area contributed by atoms with Gasteiger partial charge in [-0.3, -0.25) is 9.97 Å². The van der Waals surface area contributed by atoms with Crippen LogP contribution in [-0.4, -0.2) is 47.2 Å². The van der Waals surface area contributed by atoms with E-state index in [2.05, 4.69) is 24.5 Å². The van der Waals surface area contributed by atoms with Gasteiger partial charge in [0.25, 0.3) is 0 Å². The zero-order valence-corrected chi connectivity index (χ0v) is 28.5. The number of rotatable bonds is 13. The van der Waals surface area contributed by atoms with E-state index in [-0.39, 0.29) is 0 Å². The molecule has 0 amide bonds. The van der Waals surface area contributed by atoms with Crippen molar-refractivity contribution < 1.29 is 9.47 Å². The number of methoxy groups -OCH3 is 2. The Hall–Kier alpha value is -3.30. The SMILES string of the molecule is COc1nc(-c2cccc(-c3cccc(-c4cnc(CNCC5CC(C)C5)c(OC)n4)c3Cl)c2Cl)cnc1CNCC1CC(C)C1. The molecule has 10 heteroatoms. The number of hydrogen-bond acceptors (Lipinski definition) is 8. The van der Waals surface area contributed by atoms with Crippen molar-refractivity contribution in [1.82, 2.24) is 30.6 Å². The van der Waals surface area contributed by atoms with Crippen LogP contribution < -0.4 is 20.1 Å². The molecule has 2 aromatic carbocycles. The second-order valence-corrected chi connectivity index (χ2v) is 13.7. The van der Waals surface area contributed by atoms with Gasteiger partial charge in [-0.1, -0.05) is 73.4 Å². The Morgan fingerprint density at radius 1 is 0.652 bits per heavy atom. The largest absolute Gasteiger partial charge is 0.480 e. The van der Waals surface area contributed by atoms with Crippen LogP contribution in [-0.2, 0) is 13.1 Å². The molecule has 2 aromatic heterocycles. The third-order valence-corrected chi connectivity index (χ3v) is 10.1. The van der Waals surface area contributed by atoms with Gasteiger partial charge in [0, 0.05) is 35.3 Å². The molecule has 0 radical (unpaired) electrons. The van der Waals surface area contributed by atoms with E-state index in [1.807, 2.05) is 36.4 Å². The number of aromatic nitrogens is 4. The van der Waals surface area contributed by atoms with Gasteiger partial charge >= 0.3 is 0 Å². The van der Waals surface area contributed by atoms with Gasteiger partial charge in [-0.2, -0.15) is 0 Å². The molecule has 0 spiro atoms. The predicted octanol–water partition coefficient (Wildman–Crippen LogP) is 7.86. The average molecular weight is 662 g/mol. The fourth-order valence-electron chi connectivity index (χ4n) is 6.76. The second kappa shape index (κ2) is 14.6. The summed E-state index contributed by atoms with van der Waals surface area (Å²) in [6.07, 6.45) is 8.62. The Bertz CT molecular complexity index is 1550. The summed E-state index contributed by atoms with van der Waals surface area (Å²) in [5, 5.41) is 8.06. The molecule has 0 unspecified atom stereocenters. The third-order valence-electron chi connectivity index (χ3n) is 9.24. The first-order valence-corrected chi connectivity index (χ1v) is 16.9. The molecule has 0 bridgehead atoms. The Kier molecular flexibility index (Phi) is 10.4. The second-order valence-electron chi connectivity index (χ2n) is 12.9. The molecule has 0 saturated heterocycles. The maximum absolute atomic E-state index is 7.06. The molecule has 2 heterocycles. The van der Waals surface area contributed by atoms with Gasteiger partial charge in [0.2, 0.25) is 11.8 Å². The van der Waals surface area contributed by atoms with Gasteiger partial charge in [-0.25, -0.2) is 9.97 Å². The van der Waals surface area contributed by atoms with Gasteiger partial charge in [-0.05, 0) is 62.4 Å².